The van der Waals surface area contributed by atoms with Crippen LogP contribution in [0.5, 0.6) is 0 Å². The molecule has 0 radical (unpaired) electrons. The Morgan fingerprint density at radius 3 is 2.88 bits per heavy atom. The number of hydrogen-bond acceptors (Lipinski definition) is 4. The van der Waals surface area contributed by atoms with Crippen molar-refractivity contribution < 1.29 is 9.53 Å². The lowest BCUT2D eigenvalue weighted by molar-refractivity contribution is -0.124. The number of nitrogens with zero attached hydrogens (tertiary/aromatic N) is 2. The van der Waals surface area contributed by atoms with Crippen LogP contribution < -0.4 is 5.32 Å². The summed E-state index contributed by atoms with van der Waals surface area (Å²) in [5, 5.41) is 11.3. The van der Waals surface area contributed by atoms with Gasteiger partial charge in [-0.3, -0.25) is 9.69 Å². The van der Waals surface area contributed by atoms with E-state index in [0.29, 0.717) is 6.54 Å². The number of ether oxygens (including phenoxy) is 1. The number of nitrogens with one attached hydrogen (secondary N) is 1. The maximum atomic E-state index is 11.5. The summed E-state index contributed by atoms with van der Waals surface area (Å²) in [5.74, 6) is -0.246. The first-order valence-corrected chi connectivity index (χ1v) is 5.69. The molecule has 0 saturated carbocycles. The number of amides is 1. The average Bonchev–Trinajstić information content (AvgIpc) is 2.30. The van der Waals surface area contributed by atoms with Gasteiger partial charge in [0.15, 0.2) is 0 Å². The molecule has 0 spiro atoms. The fraction of sp³-hybridized carbons (Fsp3) is 0.818. The van der Waals surface area contributed by atoms with Crippen molar-refractivity contribution in [1.82, 2.24) is 10.2 Å². The lowest BCUT2D eigenvalue weighted by Gasteiger charge is -2.26. The molecule has 1 heterocycles. The molecule has 5 heteroatoms. The topological polar surface area (TPSA) is 65.4 Å². The molecular formula is C11H19N3O2. The van der Waals surface area contributed by atoms with Crippen LogP contribution in [0.15, 0.2) is 0 Å². The minimum absolute atomic E-state index is 0.0326. The van der Waals surface area contributed by atoms with Gasteiger partial charge in [0.05, 0.1) is 19.3 Å². The molecule has 16 heavy (non-hydrogen) atoms. The van der Waals surface area contributed by atoms with Gasteiger partial charge in [-0.1, -0.05) is 6.92 Å². The molecule has 1 aliphatic rings. The standard InChI is InChI=1S/C11H19N3O2/c1-10(2-3-12)11(15)13-4-5-14-6-8-16-9-7-14/h10H,2,4-9H2,1H3,(H,13,15). The summed E-state index contributed by atoms with van der Waals surface area (Å²) in [6.07, 6.45) is 0.281. The van der Waals surface area contributed by atoms with E-state index in [4.69, 9.17) is 10.00 Å². The van der Waals surface area contributed by atoms with E-state index in [0.717, 1.165) is 32.8 Å². The summed E-state index contributed by atoms with van der Waals surface area (Å²) in [6, 6.07) is 2.00. The van der Waals surface area contributed by atoms with Crippen molar-refractivity contribution >= 4 is 5.91 Å². The van der Waals surface area contributed by atoms with Gasteiger partial charge in [0.25, 0.3) is 0 Å². The predicted molar refractivity (Wildman–Crippen MR) is 59.7 cm³/mol. The zero-order chi connectivity index (χ0) is 11.8. The monoisotopic (exact) mass is 225 g/mol. The van der Waals surface area contributed by atoms with Crippen LogP contribution in [-0.2, 0) is 9.53 Å². The second-order valence-corrected chi connectivity index (χ2v) is 4.01. The minimum atomic E-state index is -0.213. The van der Waals surface area contributed by atoms with Crippen molar-refractivity contribution in [3.63, 3.8) is 0 Å². The van der Waals surface area contributed by atoms with Gasteiger partial charge in [0.1, 0.15) is 0 Å². The quantitative estimate of drug-likeness (QED) is 0.714. The fourth-order valence-electron chi connectivity index (χ4n) is 1.57. The highest BCUT2D eigenvalue weighted by atomic mass is 16.5. The van der Waals surface area contributed by atoms with E-state index in [9.17, 15) is 4.79 Å². The first kappa shape index (κ1) is 12.9. The molecule has 5 nitrogen and oxygen atoms in total. The highest BCUT2D eigenvalue weighted by Gasteiger charge is 2.13. The van der Waals surface area contributed by atoms with Gasteiger partial charge in [0.2, 0.25) is 5.91 Å². The first-order valence-electron chi connectivity index (χ1n) is 5.69. The number of hydrogen-bond donors (Lipinski definition) is 1. The molecule has 0 bridgehead atoms. The normalized spacial score (nSPS) is 18.8. The van der Waals surface area contributed by atoms with Gasteiger partial charge >= 0.3 is 0 Å². The third kappa shape index (κ3) is 4.60. The summed E-state index contributed by atoms with van der Waals surface area (Å²) >= 11 is 0. The van der Waals surface area contributed by atoms with Gasteiger partial charge < -0.3 is 10.1 Å². The van der Waals surface area contributed by atoms with Crippen LogP contribution in [0.1, 0.15) is 13.3 Å². The third-order valence-corrected chi connectivity index (χ3v) is 2.68. The number of carbonyl (C=O) groups is 1. The Balaban J connectivity index is 2.10. The van der Waals surface area contributed by atoms with Crippen LogP contribution in [0.2, 0.25) is 0 Å². The summed E-state index contributed by atoms with van der Waals surface area (Å²) < 4.78 is 5.23. The largest absolute Gasteiger partial charge is 0.379 e. The van der Waals surface area contributed by atoms with Crippen LogP contribution in [0.3, 0.4) is 0 Å². The molecule has 0 aliphatic carbocycles. The van der Waals surface area contributed by atoms with Gasteiger partial charge in [-0.05, 0) is 0 Å². The van der Waals surface area contributed by atoms with Crippen LogP contribution in [-0.4, -0.2) is 50.2 Å². The molecule has 0 aromatic rings. The average molecular weight is 225 g/mol. The highest BCUT2D eigenvalue weighted by Crippen LogP contribution is 2.00. The van der Waals surface area contributed by atoms with Crippen LogP contribution in [0.4, 0.5) is 0 Å². The zero-order valence-corrected chi connectivity index (χ0v) is 9.74. The summed E-state index contributed by atoms with van der Waals surface area (Å²) in [6.45, 7) is 6.70. The number of carbonyl (C=O) groups excluding carboxylic acids is 1. The number of nitriles is 1. The molecule has 1 saturated heterocycles. The van der Waals surface area contributed by atoms with Crippen LogP contribution in [0, 0.1) is 17.2 Å². The molecule has 1 amide bonds. The first-order chi connectivity index (χ1) is 7.74. The molecular weight excluding hydrogens is 206 g/mol. The second-order valence-electron chi connectivity index (χ2n) is 4.01. The zero-order valence-electron chi connectivity index (χ0n) is 9.74. The van der Waals surface area contributed by atoms with E-state index in [1.165, 1.54) is 0 Å². The van der Waals surface area contributed by atoms with Crippen molar-refractivity contribution in [2.75, 3.05) is 39.4 Å². The molecule has 0 aromatic heterocycles. The Morgan fingerprint density at radius 2 is 2.25 bits per heavy atom. The Morgan fingerprint density at radius 1 is 1.56 bits per heavy atom. The maximum absolute atomic E-state index is 11.5. The fourth-order valence-corrected chi connectivity index (χ4v) is 1.57. The summed E-state index contributed by atoms with van der Waals surface area (Å²) in [4.78, 5) is 13.7. The summed E-state index contributed by atoms with van der Waals surface area (Å²) in [5.41, 5.74) is 0. The van der Waals surface area contributed by atoms with Crippen molar-refractivity contribution in [3.8, 4) is 6.07 Å². The lowest BCUT2D eigenvalue weighted by Crippen LogP contribution is -2.42. The van der Waals surface area contributed by atoms with E-state index in [-0.39, 0.29) is 18.2 Å². The van der Waals surface area contributed by atoms with Gasteiger partial charge in [0, 0.05) is 38.5 Å². The molecule has 1 rings (SSSR count). The molecule has 1 fully saturated rings. The van der Waals surface area contributed by atoms with Crippen molar-refractivity contribution in [2.24, 2.45) is 5.92 Å². The number of morpholine rings is 1. The maximum Gasteiger partial charge on any atom is 0.223 e. The SMILES string of the molecule is CC(CC#N)C(=O)NCCN1CCOCC1. The Hall–Kier alpha value is -1.12. The predicted octanol–water partition coefficient (Wildman–Crippen LogP) is -0.0154. The van der Waals surface area contributed by atoms with Crippen molar-refractivity contribution in [2.45, 2.75) is 13.3 Å². The Labute approximate surface area is 96.4 Å². The molecule has 0 aromatic carbocycles. The van der Waals surface area contributed by atoms with Gasteiger partial charge in [-0.2, -0.15) is 5.26 Å². The highest BCUT2D eigenvalue weighted by molar-refractivity contribution is 5.78. The molecule has 1 N–H and O–H groups in total. The van der Waals surface area contributed by atoms with Gasteiger partial charge in [-0.15, -0.1) is 0 Å². The van der Waals surface area contributed by atoms with E-state index in [1.54, 1.807) is 6.92 Å². The smallest absolute Gasteiger partial charge is 0.223 e. The van der Waals surface area contributed by atoms with E-state index < -0.39 is 0 Å². The Bertz CT molecular complexity index is 256. The lowest BCUT2D eigenvalue weighted by atomic mass is 10.1. The van der Waals surface area contributed by atoms with Crippen LogP contribution >= 0.6 is 0 Å². The van der Waals surface area contributed by atoms with E-state index in [1.807, 2.05) is 6.07 Å². The van der Waals surface area contributed by atoms with Crippen molar-refractivity contribution in [3.05, 3.63) is 0 Å². The summed E-state index contributed by atoms with van der Waals surface area (Å²) in [7, 11) is 0. The molecule has 1 unspecified atom stereocenters. The van der Waals surface area contributed by atoms with Crippen LogP contribution in [0.25, 0.3) is 0 Å². The molecule has 90 valence electrons. The van der Waals surface area contributed by atoms with Gasteiger partial charge in [-0.25, -0.2) is 0 Å². The minimum Gasteiger partial charge on any atom is -0.379 e. The third-order valence-electron chi connectivity index (χ3n) is 2.68. The van der Waals surface area contributed by atoms with Crippen molar-refractivity contribution in [1.29, 1.82) is 5.26 Å². The number of rotatable bonds is 5. The Kier molecular flexibility index (Phi) is 5.83. The van der Waals surface area contributed by atoms with E-state index >= 15 is 0 Å². The molecule has 1 aliphatic heterocycles. The molecule has 1 atom stereocenters. The van der Waals surface area contributed by atoms with E-state index in [2.05, 4.69) is 10.2 Å². The second kappa shape index (κ2) is 7.20.